The first kappa shape index (κ1) is 19.5. The predicted octanol–water partition coefficient (Wildman–Crippen LogP) is 5.37. The van der Waals surface area contributed by atoms with Crippen molar-refractivity contribution in [3.8, 4) is 0 Å². The van der Waals surface area contributed by atoms with Crippen LogP contribution in [-0.2, 0) is 0 Å². The molecule has 1 aromatic rings. The third kappa shape index (κ3) is 4.33. The van der Waals surface area contributed by atoms with Crippen LogP contribution < -0.4 is 0 Å². The summed E-state index contributed by atoms with van der Waals surface area (Å²) in [6.45, 7) is 9.32. The number of benzene rings is 1. The Hall–Kier alpha value is -1.29. The monoisotopic (exact) mass is 372 g/mol. The zero-order valence-electron chi connectivity index (χ0n) is 16.8. The lowest BCUT2D eigenvalue weighted by Crippen LogP contribution is -2.42. The van der Waals surface area contributed by atoms with Crippen molar-refractivity contribution in [3.05, 3.63) is 34.4 Å². The maximum absolute atomic E-state index is 13.0. The van der Waals surface area contributed by atoms with Crippen LogP contribution in [0.5, 0.6) is 0 Å². The van der Waals surface area contributed by atoms with Crippen molar-refractivity contribution in [1.82, 2.24) is 4.90 Å². The number of carbonyl (C=O) groups is 1. The van der Waals surface area contributed by atoms with Crippen LogP contribution in [0, 0.1) is 32.6 Å². The summed E-state index contributed by atoms with van der Waals surface area (Å²) in [6, 6.07) is 4.75. The van der Waals surface area contributed by atoms with Crippen molar-refractivity contribution < 1.29 is 4.79 Å². The largest absolute Gasteiger partial charge is 0.348 e. The maximum atomic E-state index is 13.0. The average Bonchev–Trinajstić information content (AvgIpc) is 3.45. The van der Waals surface area contributed by atoms with Crippen LogP contribution in [0.2, 0.25) is 0 Å². The Morgan fingerprint density at radius 1 is 1.15 bits per heavy atom. The molecular weight excluding hydrogens is 340 g/mol. The molecule has 0 aliphatic heterocycles. The van der Waals surface area contributed by atoms with Crippen molar-refractivity contribution in [1.29, 1.82) is 0 Å². The van der Waals surface area contributed by atoms with E-state index in [-0.39, 0.29) is 5.91 Å². The third-order valence-electron chi connectivity index (χ3n) is 5.55. The van der Waals surface area contributed by atoms with Crippen LogP contribution in [0.4, 0.5) is 0 Å². The van der Waals surface area contributed by atoms with E-state index in [0.29, 0.717) is 6.04 Å². The molecule has 0 aromatic heterocycles. The molecular formula is C22H32N2OS. The molecule has 2 saturated carbocycles. The molecule has 26 heavy (non-hydrogen) atoms. The lowest BCUT2D eigenvalue weighted by Gasteiger charge is -2.34. The number of amides is 1. The fraction of sp³-hybridized carbons (Fsp3) is 0.636. The van der Waals surface area contributed by atoms with E-state index < -0.39 is 0 Å². The zero-order chi connectivity index (χ0) is 18.8. The number of amidine groups is 1. The van der Waals surface area contributed by atoms with Crippen LogP contribution in [-0.4, -0.2) is 34.8 Å². The van der Waals surface area contributed by atoms with Gasteiger partial charge in [-0.1, -0.05) is 36.4 Å². The van der Waals surface area contributed by atoms with Gasteiger partial charge in [0.2, 0.25) is 0 Å². The molecule has 3 rings (SSSR count). The molecule has 4 heteroatoms. The van der Waals surface area contributed by atoms with Gasteiger partial charge in [-0.2, -0.15) is 4.99 Å². The summed E-state index contributed by atoms with van der Waals surface area (Å²) in [7, 11) is 0. The molecule has 142 valence electrons. The molecule has 0 atom stereocenters. The van der Waals surface area contributed by atoms with Gasteiger partial charge in [-0.25, -0.2) is 0 Å². The van der Waals surface area contributed by atoms with Crippen LogP contribution >= 0.6 is 11.8 Å². The first-order valence-corrected chi connectivity index (χ1v) is 11.2. The Morgan fingerprint density at radius 3 is 2.12 bits per heavy atom. The summed E-state index contributed by atoms with van der Waals surface area (Å²) in [5.74, 6) is 1.53. The van der Waals surface area contributed by atoms with Gasteiger partial charge in [0.25, 0.3) is 5.91 Å². The summed E-state index contributed by atoms with van der Waals surface area (Å²) in [4.78, 5) is 20.2. The van der Waals surface area contributed by atoms with Gasteiger partial charge < -0.3 is 4.90 Å². The van der Waals surface area contributed by atoms with Crippen molar-refractivity contribution in [2.45, 2.75) is 65.8 Å². The van der Waals surface area contributed by atoms with Crippen molar-refractivity contribution in [3.63, 3.8) is 0 Å². The Balaban J connectivity index is 1.91. The fourth-order valence-electron chi connectivity index (χ4n) is 4.27. The molecule has 2 aliphatic carbocycles. The number of nitrogens with zero attached hydrogens (tertiary/aromatic N) is 2. The molecule has 1 amide bonds. The summed E-state index contributed by atoms with van der Waals surface area (Å²) in [6.07, 6.45) is 8.51. The molecule has 0 unspecified atom stereocenters. The quantitative estimate of drug-likeness (QED) is 0.497. The molecule has 0 heterocycles. The minimum Gasteiger partial charge on any atom is -0.348 e. The van der Waals surface area contributed by atoms with Gasteiger partial charge in [0.05, 0.1) is 0 Å². The Bertz CT molecular complexity index is 669. The van der Waals surface area contributed by atoms with Gasteiger partial charge in [0.15, 0.2) is 5.17 Å². The number of thioether (sulfide) groups is 1. The lowest BCUT2D eigenvalue weighted by molar-refractivity contribution is 0.0999. The minimum absolute atomic E-state index is 0.0872. The van der Waals surface area contributed by atoms with Crippen LogP contribution in [0.15, 0.2) is 17.1 Å². The number of rotatable bonds is 6. The molecule has 0 N–H and O–H groups in total. The molecule has 0 bridgehead atoms. The van der Waals surface area contributed by atoms with E-state index in [9.17, 15) is 4.79 Å². The van der Waals surface area contributed by atoms with E-state index in [1.807, 2.05) is 13.8 Å². The highest BCUT2D eigenvalue weighted by Gasteiger charge is 2.45. The molecule has 2 aliphatic rings. The highest BCUT2D eigenvalue weighted by molar-refractivity contribution is 8.13. The van der Waals surface area contributed by atoms with Gasteiger partial charge in [-0.3, -0.25) is 4.79 Å². The normalized spacial score (nSPS) is 17.7. The Morgan fingerprint density at radius 2 is 1.69 bits per heavy atom. The standard InChI is InChI=1S/C22H32N2OS/c1-6-11-24(20(17-7-8-17)18-9-10-18)22(26-5)23-21(25)19-15(3)12-14(2)13-16(19)4/h12-13,17-18,20H,6-11H2,1-5H3. The minimum atomic E-state index is -0.0872. The van der Waals surface area contributed by atoms with E-state index in [4.69, 9.17) is 0 Å². The molecule has 0 radical (unpaired) electrons. The first-order valence-electron chi connectivity index (χ1n) is 9.97. The average molecular weight is 373 g/mol. The molecule has 0 spiro atoms. The number of aliphatic imine (C=N–C) groups is 1. The third-order valence-corrected chi connectivity index (χ3v) is 6.24. The Kier molecular flexibility index (Phi) is 6.11. The number of aryl methyl sites for hydroxylation is 3. The second-order valence-electron chi connectivity index (χ2n) is 8.04. The predicted molar refractivity (Wildman–Crippen MR) is 112 cm³/mol. The summed E-state index contributed by atoms with van der Waals surface area (Å²) >= 11 is 1.63. The van der Waals surface area contributed by atoms with Gasteiger partial charge in [-0.05, 0) is 82.1 Å². The van der Waals surface area contributed by atoms with Gasteiger partial charge in [-0.15, -0.1) is 0 Å². The topological polar surface area (TPSA) is 32.7 Å². The fourth-order valence-corrected chi connectivity index (χ4v) is 4.89. The summed E-state index contributed by atoms with van der Waals surface area (Å²) < 4.78 is 0. The lowest BCUT2D eigenvalue weighted by atomic mass is 9.99. The van der Waals surface area contributed by atoms with E-state index in [1.54, 1.807) is 11.8 Å². The van der Waals surface area contributed by atoms with Gasteiger partial charge in [0.1, 0.15) is 0 Å². The maximum Gasteiger partial charge on any atom is 0.279 e. The second kappa shape index (κ2) is 8.16. The van der Waals surface area contributed by atoms with Gasteiger partial charge >= 0.3 is 0 Å². The van der Waals surface area contributed by atoms with E-state index >= 15 is 0 Å². The smallest absolute Gasteiger partial charge is 0.279 e. The zero-order valence-corrected chi connectivity index (χ0v) is 17.7. The van der Waals surface area contributed by atoms with Crippen molar-refractivity contribution in [2.24, 2.45) is 16.8 Å². The molecule has 2 fully saturated rings. The number of carbonyl (C=O) groups excluding carboxylic acids is 1. The van der Waals surface area contributed by atoms with E-state index in [2.05, 4.69) is 42.1 Å². The molecule has 0 saturated heterocycles. The van der Waals surface area contributed by atoms with Gasteiger partial charge in [0, 0.05) is 18.2 Å². The summed E-state index contributed by atoms with van der Waals surface area (Å²) in [5, 5.41) is 0.917. The molecule has 1 aromatic carbocycles. The highest BCUT2D eigenvalue weighted by atomic mass is 32.2. The Labute approximate surface area is 162 Å². The number of hydrogen-bond acceptors (Lipinski definition) is 2. The second-order valence-corrected chi connectivity index (χ2v) is 8.81. The SMILES string of the molecule is CCCN(C(=NC(=O)c1c(C)cc(C)cc1C)SC)C(C1CC1)C1CC1. The van der Waals surface area contributed by atoms with E-state index in [0.717, 1.165) is 46.7 Å². The van der Waals surface area contributed by atoms with Crippen LogP contribution in [0.1, 0.15) is 66.1 Å². The first-order chi connectivity index (χ1) is 12.5. The number of hydrogen-bond donors (Lipinski definition) is 0. The van der Waals surface area contributed by atoms with E-state index in [1.165, 1.54) is 31.2 Å². The van der Waals surface area contributed by atoms with Crippen molar-refractivity contribution >= 4 is 22.8 Å². The van der Waals surface area contributed by atoms with Crippen molar-refractivity contribution in [2.75, 3.05) is 12.8 Å². The summed E-state index contributed by atoms with van der Waals surface area (Å²) in [5.41, 5.74) is 4.02. The highest BCUT2D eigenvalue weighted by Crippen LogP contribution is 2.47. The van der Waals surface area contributed by atoms with Crippen LogP contribution in [0.3, 0.4) is 0 Å². The van der Waals surface area contributed by atoms with Crippen LogP contribution in [0.25, 0.3) is 0 Å². The molecule has 3 nitrogen and oxygen atoms in total.